The van der Waals surface area contributed by atoms with E-state index in [2.05, 4.69) is 38.2 Å². The van der Waals surface area contributed by atoms with Gasteiger partial charge in [0.1, 0.15) is 0 Å². The van der Waals surface area contributed by atoms with E-state index < -0.39 is 5.97 Å². The lowest BCUT2D eigenvalue weighted by molar-refractivity contribution is -0.378. The number of carboxylic acids is 1. The maximum absolute atomic E-state index is 10.3. The quantitative estimate of drug-likeness (QED) is 0.365. The van der Waals surface area contributed by atoms with Gasteiger partial charge in [-0.1, -0.05) is 78.7 Å². The predicted octanol–water partition coefficient (Wildman–Crippen LogP) is 4.94. The summed E-state index contributed by atoms with van der Waals surface area (Å²) in [5.74, 6) is 0.215. The Bertz CT molecular complexity index is 252. The standard InChI is InChI=1S/C8H14O4.2C5H13N.6CH4/c1-7(9)12-6-4-2-3-5-8(10)11;2*1-3-5(2)4-6;;;;;;/h2-6H2,1H3,(H,10,11);2*5H,3-4,6H2,1-2H3;6*1H4. The second kappa shape index (κ2) is 46.2. The monoisotopic (exact) mass is 444 g/mol. The average molecular weight is 445 g/mol. The molecule has 6 heteroatoms. The smallest absolute Gasteiger partial charge is 0.302 e. The molecule has 0 rings (SSSR count). The molecule has 0 aromatic heterocycles. The number of carbonyl (C=O) groups is 2. The highest BCUT2D eigenvalue weighted by atomic mass is 16.5. The van der Waals surface area contributed by atoms with Gasteiger partial charge < -0.3 is 26.1 Å². The SMILES string of the molecule is C.C.C.C.C.C.CC(=O)OCCCCCC(=O)[O-].CCC(C)CN.CCC(C)C[NH3+]. The largest absolute Gasteiger partial charge is 0.550 e. The normalized spacial score (nSPS) is 9.57. The zero-order valence-electron chi connectivity index (χ0n) is 16.4. The van der Waals surface area contributed by atoms with Crippen molar-refractivity contribution in [3.63, 3.8) is 0 Å². The van der Waals surface area contributed by atoms with Gasteiger partial charge in [0.2, 0.25) is 0 Å². The molecule has 0 saturated heterocycles. The van der Waals surface area contributed by atoms with E-state index in [1.54, 1.807) is 0 Å². The average Bonchev–Trinajstić information content (AvgIpc) is 2.57. The molecule has 2 atom stereocenters. The molecule has 30 heavy (non-hydrogen) atoms. The van der Waals surface area contributed by atoms with Crippen LogP contribution in [0.25, 0.3) is 0 Å². The summed E-state index contributed by atoms with van der Waals surface area (Å²) >= 11 is 0. The number of hydrogen-bond donors (Lipinski definition) is 2. The number of hydrogen-bond acceptors (Lipinski definition) is 5. The van der Waals surface area contributed by atoms with E-state index in [0.29, 0.717) is 25.4 Å². The molecular formula is C24H64N2O4. The first-order valence-corrected chi connectivity index (χ1v) is 9.07. The van der Waals surface area contributed by atoms with Crippen molar-refractivity contribution in [1.82, 2.24) is 0 Å². The second-order valence-corrected chi connectivity index (χ2v) is 6.07. The lowest BCUT2D eigenvalue weighted by Gasteiger charge is -2.02. The molecule has 0 aromatic rings. The van der Waals surface area contributed by atoms with Crippen LogP contribution in [0.4, 0.5) is 0 Å². The maximum atomic E-state index is 10.3. The fraction of sp³-hybridized carbons (Fsp3) is 0.917. The molecular weight excluding hydrogens is 380 g/mol. The lowest BCUT2D eigenvalue weighted by atomic mass is 10.1. The molecule has 194 valence electrons. The number of unbranched alkanes of at least 4 members (excludes halogenated alkanes) is 2. The summed E-state index contributed by atoms with van der Waals surface area (Å²) in [6.07, 6.45) is 4.61. The Hall–Kier alpha value is -1.14. The van der Waals surface area contributed by atoms with Crippen molar-refractivity contribution in [2.45, 2.75) is 118 Å². The van der Waals surface area contributed by atoms with Gasteiger partial charge in [-0.2, -0.15) is 0 Å². The Kier molecular flexibility index (Phi) is 87.4. The summed E-state index contributed by atoms with van der Waals surface area (Å²) in [5, 5.41) is 9.94. The van der Waals surface area contributed by atoms with E-state index in [-0.39, 0.29) is 57.0 Å². The number of quaternary nitrogens is 1. The fourth-order valence-electron chi connectivity index (χ4n) is 1.13. The first-order chi connectivity index (χ1) is 11.2. The molecule has 2 unspecified atom stereocenters. The summed E-state index contributed by atoms with van der Waals surface area (Å²) < 4.78 is 4.65. The molecule has 0 aliphatic rings. The summed E-state index contributed by atoms with van der Waals surface area (Å²) in [4.78, 5) is 20.2. The minimum absolute atomic E-state index is 0. The van der Waals surface area contributed by atoms with Gasteiger partial charge in [-0.05, 0) is 44.6 Å². The van der Waals surface area contributed by atoms with Crippen molar-refractivity contribution in [2.24, 2.45) is 17.6 Å². The molecule has 0 fully saturated rings. The fourth-order valence-corrected chi connectivity index (χ4v) is 1.13. The van der Waals surface area contributed by atoms with Crippen LogP contribution in [-0.2, 0) is 14.3 Å². The lowest BCUT2D eigenvalue weighted by Crippen LogP contribution is -2.52. The third-order valence-corrected chi connectivity index (χ3v) is 3.62. The summed E-state index contributed by atoms with van der Waals surface area (Å²) in [6.45, 7) is 12.3. The van der Waals surface area contributed by atoms with Crippen molar-refractivity contribution in [3.8, 4) is 0 Å². The van der Waals surface area contributed by atoms with Crippen LogP contribution in [0.3, 0.4) is 0 Å². The summed E-state index contributed by atoms with van der Waals surface area (Å²) in [6, 6.07) is 0. The number of nitrogens with two attached hydrogens (primary N) is 1. The van der Waals surface area contributed by atoms with E-state index in [9.17, 15) is 14.7 Å². The molecule has 0 radical (unpaired) electrons. The number of carbonyl (C=O) groups excluding carboxylic acids is 2. The number of ether oxygens (including phenoxy) is 1. The highest BCUT2D eigenvalue weighted by Gasteiger charge is 1.93. The number of aliphatic carboxylic acids is 1. The van der Waals surface area contributed by atoms with Crippen molar-refractivity contribution in [1.29, 1.82) is 0 Å². The van der Waals surface area contributed by atoms with Crippen LogP contribution in [0.1, 0.15) is 118 Å². The molecule has 0 aliphatic carbocycles. The van der Waals surface area contributed by atoms with Gasteiger partial charge in [0.25, 0.3) is 0 Å². The summed E-state index contributed by atoms with van der Waals surface area (Å²) in [7, 11) is 0. The summed E-state index contributed by atoms with van der Waals surface area (Å²) in [5.41, 5.74) is 9.04. The first kappa shape index (κ1) is 56.8. The van der Waals surface area contributed by atoms with E-state index in [0.717, 1.165) is 25.4 Å². The Morgan fingerprint density at radius 2 is 1.33 bits per heavy atom. The number of esters is 1. The third kappa shape index (κ3) is 71.4. The van der Waals surface area contributed by atoms with E-state index in [4.69, 9.17) is 5.73 Å². The van der Waals surface area contributed by atoms with Crippen LogP contribution < -0.4 is 16.6 Å². The highest BCUT2D eigenvalue weighted by molar-refractivity contribution is 5.65. The van der Waals surface area contributed by atoms with Crippen LogP contribution >= 0.6 is 0 Å². The van der Waals surface area contributed by atoms with Crippen LogP contribution in [0, 0.1) is 11.8 Å². The molecule has 0 bridgehead atoms. The van der Waals surface area contributed by atoms with Crippen LogP contribution in [0.5, 0.6) is 0 Å². The van der Waals surface area contributed by atoms with Crippen LogP contribution in [0.15, 0.2) is 0 Å². The molecule has 0 spiro atoms. The Morgan fingerprint density at radius 3 is 1.53 bits per heavy atom. The third-order valence-electron chi connectivity index (χ3n) is 3.62. The Labute approximate surface area is 192 Å². The maximum Gasteiger partial charge on any atom is 0.302 e. The van der Waals surface area contributed by atoms with Crippen molar-refractivity contribution in [3.05, 3.63) is 0 Å². The molecule has 0 amide bonds. The van der Waals surface area contributed by atoms with Gasteiger partial charge in [-0.3, -0.25) is 4.79 Å². The van der Waals surface area contributed by atoms with Gasteiger partial charge in [-0.25, -0.2) is 0 Å². The molecule has 5 N–H and O–H groups in total. The van der Waals surface area contributed by atoms with Crippen LogP contribution in [0.2, 0.25) is 0 Å². The van der Waals surface area contributed by atoms with E-state index in [1.165, 1.54) is 19.8 Å². The number of rotatable bonds is 10. The Morgan fingerprint density at radius 1 is 0.900 bits per heavy atom. The van der Waals surface area contributed by atoms with E-state index >= 15 is 0 Å². The molecule has 0 aromatic carbocycles. The van der Waals surface area contributed by atoms with Crippen molar-refractivity contribution in [2.75, 3.05) is 19.7 Å². The molecule has 6 nitrogen and oxygen atoms in total. The van der Waals surface area contributed by atoms with Gasteiger partial charge in [0, 0.05) is 18.8 Å². The van der Waals surface area contributed by atoms with Crippen molar-refractivity contribution >= 4 is 11.9 Å². The number of carboxylic acid groups (broad SMARTS) is 1. The van der Waals surface area contributed by atoms with Gasteiger partial charge in [0.05, 0.1) is 13.2 Å². The second-order valence-electron chi connectivity index (χ2n) is 6.07. The molecule has 0 aliphatic heterocycles. The predicted molar refractivity (Wildman–Crippen MR) is 136 cm³/mol. The minimum atomic E-state index is -1.03. The van der Waals surface area contributed by atoms with Gasteiger partial charge in [-0.15, -0.1) is 0 Å². The molecule has 0 heterocycles. The molecule has 0 saturated carbocycles. The minimum Gasteiger partial charge on any atom is -0.550 e. The van der Waals surface area contributed by atoms with Crippen molar-refractivity contribution < 1.29 is 25.2 Å². The first-order valence-electron chi connectivity index (χ1n) is 9.07. The highest BCUT2D eigenvalue weighted by Crippen LogP contribution is 1.99. The Balaban J connectivity index is -0.0000000308. The topological polar surface area (TPSA) is 120 Å². The van der Waals surface area contributed by atoms with E-state index in [1.807, 2.05) is 0 Å². The zero-order valence-corrected chi connectivity index (χ0v) is 16.4. The van der Waals surface area contributed by atoms with Crippen LogP contribution in [-0.4, -0.2) is 31.6 Å². The van der Waals surface area contributed by atoms with Gasteiger partial charge >= 0.3 is 5.97 Å². The van der Waals surface area contributed by atoms with Gasteiger partial charge in [0.15, 0.2) is 0 Å². The zero-order chi connectivity index (χ0) is 19.4.